The van der Waals surface area contributed by atoms with Crippen LogP contribution in [0.1, 0.15) is 36.9 Å². The molecule has 8 heteroatoms. The van der Waals surface area contributed by atoms with Crippen molar-refractivity contribution >= 4 is 29.3 Å². The molecule has 6 nitrogen and oxygen atoms in total. The summed E-state index contributed by atoms with van der Waals surface area (Å²) in [5, 5.41) is 15.9. The highest BCUT2D eigenvalue weighted by Crippen LogP contribution is 2.30. The molecule has 2 aromatic carbocycles. The zero-order chi connectivity index (χ0) is 19.5. The van der Waals surface area contributed by atoms with Gasteiger partial charge in [0.15, 0.2) is 0 Å². The van der Waals surface area contributed by atoms with Gasteiger partial charge in [0.2, 0.25) is 11.1 Å². The SMILES string of the molecule is C[C@H](Sc1nnnn1-c1ccc(Cl)cc1)C(=O)N[C@H]1CCCc2ccccc21. The molecular formula is C20H20ClN5OS. The summed E-state index contributed by atoms with van der Waals surface area (Å²) in [4.78, 5) is 12.8. The van der Waals surface area contributed by atoms with Gasteiger partial charge in [-0.25, -0.2) is 0 Å². The van der Waals surface area contributed by atoms with E-state index in [1.165, 1.54) is 22.9 Å². The highest BCUT2D eigenvalue weighted by molar-refractivity contribution is 8.00. The number of halogens is 1. The van der Waals surface area contributed by atoms with Crippen LogP contribution >= 0.6 is 23.4 Å². The van der Waals surface area contributed by atoms with E-state index < -0.39 is 0 Å². The first-order valence-electron chi connectivity index (χ1n) is 9.21. The highest BCUT2D eigenvalue weighted by Gasteiger charge is 2.25. The lowest BCUT2D eigenvalue weighted by atomic mass is 9.88. The number of nitrogens with one attached hydrogen (secondary N) is 1. The average molecular weight is 414 g/mol. The quantitative estimate of drug-likeness (QED) is 0.640. The van der Waals surface area contributed by atoms with Gasteiger partial charge in [0.1, 0.15) is 0 Å². The smallest absolute Gasteiger partial charge is 0.233 e. The van der Waals surface area contributed by atoms with Crippen LogP contribution in [0, 0.1) is 0 Å². The predicted molar refractivity (Wildman–Crippen MR) is 110 cm³/mol. The van der Waals surface area contributed by atoms with Crippen molar-refractivity contribution in [2.24, 2.45) is 0 Å². The van der Waals surface area contributed by atoms with Gasteiger partial charge in [-0.3, -0.25) is 4.79 Å². The van der Waals surface area contributed by atoms with E-state index in [1.54, 1.807) is 16.8 Å². The van der Waals surface area contributed by atoms with Gasteiger partial charge in [-0.2, -0.15) is 4.68 Å². The molecule has 1 aromatic heterocycles. The van der Waals surface area contributed by atoms with Crippen LogP contribution in [0.25, 0.3) is 5.69 Å². The largest absolute Gasteiger partial charge is 0.348 e. The molecule has 1 amide bonds. The van der Waals surface area contributed by atoms with Crippen molar-refractivity contribution in [3.63, 3.8) is 0 Å². The highest BCUT2D eigenvalue weighted by atomic mass is 35.5. The molecule has 1 aliphatic rings. The lowest BCUT2D eigenvalue weighted by Gasteiger charge is -2.27. The van der Waals surface area contributed by atoms with Crippen LogP contribution in [0.2, 0.25) is 5.02 Å². The maximum atomic E-state index is 12.8. The third kappa shape index (κ3) is 4.05. The van der Waals surface area contributed by atoms with Gasteiger partial charge in [-0.1, -0.05) is 47.6 Å². The van der Waals surface area contributed by atoms with Gasteiger partial charge in [-0.05, 0) is 72.0 Å². The number of hydrogen-bond acceptors (Lipinski definition) is 5. The Kier molecular flexibility index (Phi) is 5.64. The van der Waals surface area contributed by atoms with E-state index in [4.69, 9.17) is 11.6 Å². The maximum absolute atomic E-state index is 12.8. The summed E-state index contributed by atoms with van der Waals surface area (Å²) < 4.78 is 1.61. The fraction of sp³-hybridized carbons (Fsp3) is 0.300. The molecule has 0 aliphatic heterocycles. The fourth-order valence-electron chi connectivity index (χ4n) is 3.40. The van der Waals surface area contributed by atoms with Gasteiger partial charge in [0, 0.05) is 5.02 Å². The predicted octanol–water partition coefficient (Wildman–Crippen LogP) is 3.99. The van der Waals surface area contributed by atoms with Crippen molar-refractivity contribution < 1.29 is 4.79 Å². The van der Waals surface area contributed by atoms with E-state index in [0.29, 0.717) is 10.2 Å². The van der Waals surface area contributed by atoms with Crippen molar-refractivity contribution in [1.82, 2.24) is 25.5 Å². The number of aromatic nitrogens is 4. The first-order chi connectivity index (χ1) is 13.6. The molecule has 0 bridgehead atoms. The van der Waals surface area contributed by atoms with Gasteiger partial charge in [-0.15, -0.1) is 5.10 Å². The van der Waals surface area contributed by atoms with Gasteiger partial charge >= 0.3 is 0 Å². The molecular weight excluding hydrogens is 394 g/mol. The summed E-state index contributed by atoms with van der Waals surface area (Å²) in [6, 6.07) is 15.6. The minimum absolute atomic E-state index is 0.0163. The Labute approximate surface area is 172 Å². The summed E-state index contributed by atoms with van der Waals surface area (Å²) in [7, 11) is 0. The number of fused-ring (bicyclic) bond motifs is 1. The molecule has 2 atom stereocenters. The standard InChI is InChI=1S/C20H20ClN5OS/c1-13(19(27)22-18-8-4-6-14-5-2-3-7-17(14)18)28-20-23-24-25-26(20)16-11-9-15(21)10-12-16/h2-3,5,7,9-13,18H,4,6,8H2,1H3,(H,22,27)/t13-,18-/m0/s1. The molecule has 4 rings (SSSR count). The third-order valence-corrected chi connectivity index (χ3v) is 6.13. The minimum Gasteiger partial charge on any atom is -0.348 e. The molecule has 0 saturated heterocycles. The number of hydrogen-bond donors (Lipinski definition) is 1. The van der Waals surface area contributed by atoms with Crippen molar-refractivity contribution in [2.45, 2.75) is 42.6 Å². The van der Waals surface area contributed by atoms with Crippen molar-refractivity contribution in [3.8, 4) is 5.69 Å². The topological polar surface area (TPSA) is 72.7 Å². The van der Waals surface area contributed by atoms with E-state index in [9.17, 15) is 4.79 Å². The van der Waals surface area contributed by atoms with E-state index in [-0.39, 0.29) is 17.2 Å². The van der Waals surface area contributed by atoms with Gasteiger partial charge in [0.25, 0.3) is 0 Å². The van der Waals surface area contributed by atoms with E-state index in [2.05, 4.69) is 39.0 Å². The monoisotopic (exact) mass is 413 g/mol. The van der Waals surface area contributed by atoms with Crippen LogP contribution in [0.5, 0.6) is 0 Å². The van der Waals surface area contributed by atoms with Crippen LogP contribution in [-0.2, 0) is 11.2 Å². The average Bonchev–Trinajstić information content (AvgIpc) is 3.17. The Bertz CT molecular complexity index is 975. The molecule has 0 unspecified atom stereocenters. The number of carbonyl (C=O) groups excluding carboxylic acids is 1. The zero-order valence-corrected chi connectivity index (χ0v) is 17.0. The van der Waals surface area contributed by atoms with Crippen molar-refractivity contribution in [1.29, 1.82) is 0 Å². The maximum Gasteiger partial charge on any atom is 0.233 e. The molecule has 144 valence electrons. The Morgan fingerprint density at radius 3 is 2.86 bits per heavy atom. The first kappa shape index (κ1) is 19.0. The third-order valence-electron chi connectivity index (χ3n) is 4.85. The van der Waals surface area contributed by atoms with Crippen molar-refractivity contribution in [3.05, 3.63) is 64.7 Å². The summed E-state index contributed by atoms with van der Waals surface area (Å²) >= 11 is 7.28. The van der Waals surface area contributed by atoms with Crippen LogP contribution in [0.4, 0.5) is 0 Å². The number of nitrogens with zero attached hydrogens (tertiary/aromatic N) is 4. The lowest BCUT2D eigenvalue weighted by molar-refractivity contribution is -0.121. The molecule has 0 saturated carbocycles. The molecule has 0 fully saturated rings. The molecule has 1 aliphatic carbocycles. The van der Waals surface area contributed by atoms with Gasteiger partial charge < -0.3 is 5.32 Å². The zero-order valence-electron chi connectivity index (χ0n) is 15.4. The Morgan fingerprint density at radius 2 is 2.04 bits per heavy atom. The molecule has 1 heterocycles. The Hall–Kier alpha value is -2.38. The van der Waals surface area contributed by atoms with Crippen molar-refractivity contribution in [2.75, 3.05) is 0 Å². The Balaban J connectivity index is 1.45. The summed E-state index contributed by atoms with van der Waals surface area (Å²) in [5.74, 6) is -0.0163. The number of carbonyl (C=O) groups is 1. The van der Waals surface area contributed by atoms with E-state index in [1.807, 2.05) is 25.1 Å². The number of aryl methyl sites for hydroxylation is 1. The van der Waals surface area contributed by atoms with Crippen LogP contribution in [0.3, 0.4) is 0 Å². The lowest BCUT2D eigenvalue weighted by Crippen LogP contribution is -2.36. The molecule has 0 spiro atoms. The molecule has 1 N–H and O–H groups in total. The van der Waals surface area contributed by atoms with Gasteiger partial charge in [0.05, 0.1) is 17.0 Å². The van der Waals surface area contributed by atoms with Crippen LogP contribution in [0.15, 0.2) is 53.7 Å². The first-order valence-corrected chi connectivity index (χ1v) is 10.5. The van der Waals surface area contributed by atoms with Crippen LogP contribution in [-0.4, -0.2) is 31.4 Å². The number of amides is 1. The molecule has 0 radical (unpaired) electrons. The Morgan fingerprint density at radius 1 is 1.25 bits per heavy atom. The van der Waals surface area contributed by atoms with E-state index in [0.717, 1.165) is 24.9 Å². The second kappa shape index (κ2) is 8.32. The molecule has 28 heavy (non-hydrogen) atoms. The fourth-order valence-corrected chi connectivity index (χ4v) is 4.34. The summed E-state index contributed by atoms with van der Waals surface area (Å²) in [6.45, 7) is 1.87. The van der Waals surface area contributed by atoms with Crippen LogP contribution < -0.4 is 5.32 Å². The number of benzene rings is 2. The summed E-state index contributed by atoms with van der Waals surface area (Å²) in [5.41, 5.74) is 3.35. The number of tetrazole rings is 1. The number of rotatable bonds is 5. The second-order valence-corrected chi connectivity index (χ2v) is 8.51. The minimum atomic E-state index is -0.328. The normalized spacial score (nSPS) is 17.0. The summed E-state index contributed by atoms with van der Waals surface area (Å²) in [6.07, 6.45) is 3.11. The second-order valence-electron chi connectivity index (χ2n) is 6.76. The van der Waals surface area contributed by atoms with E-state index >= 15 is 0 Å². The molecule has 3 aromatic rings. The number of thioether (sulfide) groups is 1.